The SMILES string of the molecule is O=C(N/N=C/c1cc(Br)c(OCc2ccc(Cl)c(Cl)c2)c(Br)c1)c1cc(-c2ccccc2)nc2ccccc12. The van der Waals surface area contributed by atoms with Crippen LogP contribution in [0.3, 0.4) is 0 Å². The van der Waals surface area contributed by atoms with Crippen molar-refractivity contribution >= 4 is 78.1 Å². The van der Waals surface area contributed by atoms with E-state index >= 15 is 0 Å². The lowest BCUT2D eigenvalue weighted by Gasteiger charge is -2.12. The Morgan fingerprint density at radius 2 is 1.62 bits per heavy atom. The highest BCUT2D eigenvalue weighted by molar-refractivity contribution is 9.11. The highest BCUT2D eigenvalue weighted by atomic mass is 79.9. The number of ether oxygens (including phenoxy) is 1. The van der Waals surface area contributed by atoms with Gasteiger partial charge in [-0.3, -0.25) is 4.79 Å². The maximum atomic E-state index is 13.2. The number of hydrazone groups is 1. The largest absolute Gasteiger partial charge is 0.487 e. The first kappa shape index (κ1) is 27.3. The first-order valence-electron chi connectivity index (χ1n) is 11.7. The zero-order valence-corrected chi connectivity index (χ0v) is 24.9. The van der Waals surface area contributed by atoms with Crippen molar-refractivity contribution < 1.29 is 9.53 Å². The Labute approximate surface area is 252 Å². The van der Waals surface area contributed by atoms with Crippen LogP contribution in [0.1, 0.15) is 21.5 Å². The molecule has 0 radical (unpaired) electrons. The number of carbonyl (C=O) groups is 1. The number of fused-ring (bicyclic) bond motifs is 1. The van der Waals surface area contributed by atoms with Gasteiger partial charge in [0.15, 0.2) is 0 Å². The van der Waals surface area contributed by atoms with Gasteiger partial charge in [-0.1, -0.05) is 77.8 Å². The van der Waals surface area contributed by atoms with Crippen LogP contribution in [-0.2, 0) is 6.61 Å². The summed E-state index contributed by atoms with van der Waals surface area (Å²) >= 11 is 19.2. The molecule has 1 aromatic heterocycles. The molecule has 1 heterocycles. The predicted octanol–water partition coefficient (Wildman–Crippen LogP) is 9.08. The molecule has 9 heteroatoms. The van der Waals surface area contributed by atoms with Gasteiger partial charge in [0.1, 0.15) is 12.4 Å². The van der Waals surface area contributed by atoms with Gasteiger partial charge in [-0.2, -0.15) is 5.10 Å². The summed E-state index contributed by atoms with van der Waals surface area (Å²) in [6.07, 6.45) is 1.57. The van der Waals surface area contributed by atoms with Crippen molar-refractivity contribution in [3.63, 3.8) is 0 Å². The number of nitrogens with one attached hydrogen (secondary N) is 1. The molecule has 5 nitrogen and oxygen atoms in total. The second-order valence-corrected chi connectivity index (χ2v) is 11.0. The zero-order valence-electron chi connectivity index (χ0n) is 20.2. The third kappa shape index (κ3) is 6.50. The number of hydrogen-bond acceptors (Lipinski definition) is 4. The van der Waals surface area contributed by atoms with E-state index in [0.717, 1.165) is 36.5 Å². The smallest absolute Gasteiger partial charge is 0.272 e. The Kier molecular flexibility index (Phi) is 8.63. The van der Waals surface area contributed by atoms with Crippen molar-refractivity contribution in [3.05, 3.63) is 127 Å². The van der Waals surface area contributed by atoms with E-state index < -0.39 is 0 Å². The van der Waals surface area contributed by atoms with Crippen molar-refractivity contribution in [2.75, 3.05) is 0 Å². The molecule has 5 rings (SSSR count). The van der Waals surface area contributed by atoms with Crippen LogP contribution in [0.5, 0.6) is 5.75 Å². The van der Waals surface area contributed by atoms with Gasteiger partial charge in [0.05, 0.1) is 42.0 Å². The summed E-state index contributed by atoms with van der Waals surface area (Å²) in [6.45, 7) is 0.308. The summed E-state index contributed by atoms with van der Waals surface area (Å²) in [5.74, 6) is 0.292. The van der Waals surface area contributed by atoms with Crippen LogP contribution >= 0.6 is 55.1 Å². The van der Waals surface area contributed by atoms with Gasteiger partial charge in [0.2, 0.25) is 0 Å². The van der Waals surface area contributed by atoms with Crippen molar-refractivity contribution in [1.29, 1.82) is 0 Å². The van der Waals surface area contributed by atoms with Crippen molar-refractivity contribution in [2.24, 2.45) is 5.10 Å². The Hall–Kier alpha value is -3.23. The van der Waals surface area contributed by atoms with Crippen molar-refractivity contribution in [1.82, 2.24) is 10.4 Å². The highest BCUT2D eigenvalue weighted by Crippen LogP contribution is 2.35. The Morgan fingerprint density at radius 3 is 2.36 bits per heavy atom. The van der Waals surface area contributed by atoms with E-state index in [1.165, 1.54) is 0 Å². The van der Waals surface area contributed by atoms with Crippen LogP contribution in [0.15, 0.2) is 105 Å². The number of aromatic nitrogens is 1. The van der Waals surface area contributed by atoms with Crippen LogP contribution < -0.4 is 10.2 Å². The molecule has 5 aromatic rings. The second kappa shape index (κ2) is 12.3. The molecule has 0 saturated carbocycles. The monoisotopic (exact) mass is 681 g/mol. The maximum absolute atomic E-state index is 13.2. The molecule has 0 saturated heterocycles. The number of halogens is 4. The molecule has 0 aliphatic rings. The number of pyridine rings is 1. The molecule has 1 amide bonds. The Balaban J connectivity index is 1.32. The highest BCUT2D eigenvalue weighted by Gasteiger charge is 2.14. The molecule has 0 unspecified atom stereocenters. The lowest BCUT2D eigenvalue weighted by molar-refractivity contribution is 0.0956. The summed E-state index contributed by atoms with van der Waals surface area (Å²) in [6, 6.07) is 28.1. The standard InChI is InChI=1S/C30H19Br2Cl2N3O2/c31-23-12-19(13-24(32)29(23)39-17-18-10-11-25(33)26(34)14-18)16-35-37-30(38)22-15-28(20-6-2-1-3-7-20)36-27-9-5-4-8-21(22)27/h1-16H,17H2,(H,37,38)/b35-16+. The normalized spacial score (nSPS) is 11.2. The number of para-hydroxylation sites is 1. The third-order valence-electron chi connectivity index (χ3n) is 5.80. The summed E-state index contributed by atoms with van der Waals surface area (Å²) < 4.78 is 7.42. The van der Waals surface area contributed by atoms with Crippen molar-refractivity contribution in [3.8, 4) is 17.0 Å². The molecule has 0 aliphatic heterocycles. The fraction of sp³-hybridized carbons (Fsp3) is 0.0333. The van der Waals surface area contributed by atoms with Gasteiger partial charge < -0.3 is 4.74 Å². The molecule has 1 N–H and O–H groups in total. The van der Waals surface area contributed by atoms with Gasteiger partial charge in [0, 0.05) is 10.9 Å². The molecule has 0 spiro atoms. The predicted molar refractivity (Wildman–Crippen MR) is 165 cm³/mol. The zero-order chi connectivity index (χ0) is 27.4. The van der Waals surface area contributed by atoms with Gasteiger partial charge in [0.25, 0.3) is 5.91 Å². The first-order valence-corrected chi connectivity index (χ1v) is 14.1. The van der Waals surface area contributed by atoms with E-state index in [9.17, 15) is 4.79 Å². The lowest BCUT2D eigenvalue weighted by atomic mass is 10.0. The van der Waals surface area contributed by atoms with E-state index in [-0.39, 0.29) is 5.91 Å². The Bertz CT molecular complexity index is 1690. The van der Waals surface area contributed by atoms with Gasteiger partial charge in [-0.15, -0.1) is 0 Å². The fourth-order valence-electron chi connectivity index (χ4n) is 3.92. The van der Waals surface area contributed by atoms with Crippen LogP contribution in [0.2, 0.25) is 10.0 Å². The topological polar surface area (TPSA) is 63.6 Å². The van der Waals surface area contributed by atoms with E-state index in [2.05, 4.69) is 42.4 Å². The van der Waals surface area contributed by atoms with Gasteiger partial charge >= 0.3 is 0 Å². The maximum Gasteiger partial charge on any atom is 0.272 e. The van der Waals surface area contributed by atoms with Gasteiger partial charge in [-0.25, -0.2) is 10.4 Å². The van der Waals surface area contributed by atoms with E-state index in [0.29, 0.717) is 33.7 Å². The Morgan fingerprint density at radius 1 is 0.897 bits per heavy atom. The number of hydrogen-bond donors (Lipinski definition) is 1. The molecular weight excluding hydrogens is 665 g/mol. The molecule has 0 aliphatic carbocycles. The number of amides is 1. The molecular formula is C30H19Br2Cl2N3O2. The number of benzene rings is 4. The molecule has 194 valence electrons. The summed E-state index contributed by atoms with van der Waals surface area (Å²) in [5, 5.41) is 5.91. The minimum Gasteiger partial charge on any atom is -0.487 e. The van der Waals surface area contributed by atoms with Crippen LogP contribution in [0.25, 0.3) is 22.2 Å². The molecule has 0 fully saturated rings. The second-order valence-electron chi connectivity index (χ2n) is 8.49. The minimum atomic E-state index is -0.332. The molecule has 4 aromatic carbocycles. The van der Waals surface area contributed by atoms with Crippen molar-refractivity contribution in [2.45, 2.75) is 6.61 Å². The van der Waals surface area contributed by atoms with E-state index in [4.69, 9.17) is 32.9 Å². The summed E-state index contributed by atoms with van der Waals surface area (Å²) in [7, 11) is 0. The molecule has 0 atom stereocenters. The summed E-state index contributed by atoms with van der Waals surface area (Å²) in [5.41, 5.74) is 7.15. The van der Waals surface area contributed by atoms with E-state index in [1.807, 2.05) is 72.8 Å². The average Bonchev–Trinajstić information content (AvgIpc) is 2.94. The van der Waals surface area contributed by atoms with E-state index in [1.54, 1.807) is 24.4 Å². The van der Waals surface area contributed by atoms with Crippen LogP contribution in [0.4, 0.5) is 0 Å². The quantitative estimate of drug-likeness (QED) is 0.138. The number of carbonyl (C=O) groups excluding carboxylic acids is 1. The van der Waals surface area contributed by atoms with Crippen LogP contribution in [0, 0.1) is 0 Å². The van der Waals surface area contributed by atoms with Crippen LogP contribution in [-0.4, -0.2) is 17.1 Å². The summed E-state index contributed by atoms with van der Waals surface area (Å²) in [4.78, 5) is 17.9. The molecule has 0 bridgehead atoms. The average molecular weight is 684 g/mol. The minimum absolute atomic E-state index is 0.308. The van der Waals surface area contributed by atoms with Gasteiger partial charge in [-0.05, 0) is 79.4 Å². The first-order chi connectivity index (χ1) is 18.9. The molecule has 39 heavy (non-hydrogen) atoms. The fourth-order valence-corrected chi connectivity index (χ4v) is 5.69. The third-order valence-corrected chi connectivity index (χ3v) is 7.71. The number of rotatable bonds is 7. The lowest BCUT2D eigenvalue weighted by Crippen LogP contribution is -2.18. The number of nitrogens with zero attached hydrogens (tertiary/aromatic N) is 2.